The number of carbonyl (C=O) groups is 5. The van der Waals surface area contributed by atoms with Crippen LogP contribution >= 0.6 is 0 Å². The topological polar surface area (TPSA) is 178 Å². The molecule has 0 bridgehead atoms. The van der Waals surface area contributed by atoms with Crippen molar-refractivity contribution >= 4 is 51.4 Å². The van der Waals surface area contributed by atoms with Gasteiger partial charge in [0.15, 0.2) is 57.5 Å². The Labute approximate surface area is 694 Å². The van der Waals surface area contributed by atoms with Crippen molar-refractivity contribution in [1.29, 1.82) is 0 Å². The van der Waals surface area contributed by atoms with Gasteiger partial charge < -0.3 is 47.4 Å². The van der Waals surface area contributed by atoms with Crippen LogP contribution in [0.25, 0.3) is 21.5 Å². The van der Waals surface area contributed by atoms with E-state index >= 15 is 0 Å². The number of hydrogen-bond donors (Lipinski definition) is 0. The normalized spacial score (nSPS) is 13.6. The van der Waals surface area contributed by atoms with Gasteiger partial charge in [-0.25, -0.2) is 32.8 Å². The smallest absolute Gasteiger partial charge is 0.425 e. The fraction of sp³-hybridized carbons (Fsp3) is 0.517. The zero-order valence-corrected chi connectivity index (χ0v) is 70.8. The van der Waals surface area contributed by atoms with Crippen LogP contribution in [0.3, 0.4) is 0 Å². The lowest BCUT2D eigenvalue weighted by Gasteiger charge is -2.23. The molecule has 0 saturated carbocycles. The molecule has 6 atom stereocenters. The highest BCUT2D eigenvalue weighted by Crippen LogP contribution is 2.37. The molecule has 0 aliphatic carbocycles. The minimum Gasteiger partial charge on any atom is -0.482 e. The third-order valence-electron chi connectivity index (χ3n) is 19.9. The molecule has 0 aliphatic rings. The molecule has 32 heteroatoms. The van der Waals surface area contributed by atoms with Crippen molar-refractivity contribution < 1.29 is 146 Å². The quantitative estimate of drug-likeness (QED) is 0.0161. The minimum absolute atomic E-state index is 0.0195. The van der Waals surface area contributed by atoms with Crippen molar-refractivity contribution in [2.24, 2.45) is 0 Å². The van der Waals surface area contributed by atoms with Crippen LogP contribution in [0.15, 0.2) is 146 Å². The standard InChI is InChI=1S/C20H23F3O3.C19H25F5O3.C19H21F3O3.C16H21F3O3.C15H19F3O3/c1-5-19(3,4)16-8-6-15-11-17(9-7-14(15)10-16)25-12-18(24)26-13(2)20(21,22)23;1-4-17(2,3)14-6-8-15(9-7-14)27-12-16(25)26-11-5-10-18(20,21)13-19(22,23)24;1-4-12(2)14-5-6-16-10-17(8-7-15(16)9-14)24-11-18(23)25-13(3)19(20,21)22;1-5-15(3,4)12-6-8-13(9-7-12)21-10-14(20)22-11(2)16(17,18)19;1-4-10(2)12-5-7-13(8-6-12)20-9-14(19)21-11(3)15(16,17)18/h6-11,13H,5,12H2,1-4H3;6-9H,4-5,10-13H2,1-3H3;5-10,12-13H,4,11H2,1-3H3;6-9,11H,5,10H2,1-4H3;5-8,10-11H,4,9H2,1-3H3. The van der Waals surface area contributed by atoms with Crippen molar-refractivity contribution in [2.75, 3.05) is 39.6 Å². The van der Waals surface area contributed by atoms with Crippen molar-refractivity contribution in [3.63, 3.8) is 0 Å². The summed E-state index contributed by atoms with van der Waals surface area (Å²) >= 11 is 0. The third kappa shape index (κ3) is 38.9. The highest BCUT2D eigenvalue weighted by Gasteiger charge is 2.44. The van der Waals surface area contributed by atoms with Crippen LogP contribution in [-0.4, -0.2) is 131 Å². The van der Waals surface area contributed by atoms with Gasteiger partial charge in [0.1, 0.15) is 35.2 Å². The molecule has 0 spiro atoms. The summed E-state index contributed by atoms with van der Waals surface area (Å²) in [6, 6.07) is 44.3. The van der Waals surface area contributed by atoms with Gasteiger partial charge in [-0.1, -0.05) is 175 Å². The number of carbonyl (C=O) groups excluding carboxylic acids is 5. The lowest BCUT2D eigenvalue weighted by molar-refractivity contribution is -0.217. The third-order valence-corrected chi connectivity index (χ3v) is 19.9. The van der Waals surface area contributed by atoms with Gasteiger partial charge in [-0.3, -0.25) is 0 Å². The first-order valence-electron chi connectivity index (χ1n) is 39.1. The number of hydrogen-bond acceptors (Lipinski definition) is 15. The van der Waals surface area contributed by atoms with E-state index in [4.69, 9.17) is 28.4 Å². The predicted molar refractivity (Wildman–Crippen MR) is 424 cm³/mol. The number of alkyl halides is 17. The average Bonchev–Trinajstić information content (AvgIpc) is 0.769. The van der Waals surface area contributed by atoms with Gasteiger partial charge >= 0.3 is 60.7 Å². The molecule has 7 aromatic rings. The maximum absolute atomic E-state index is 13.1. The van der Waals surface area contributed by atoms with Crippen LogP contribution < -0.4 is 23.7 Å². The summed E-state index contributed by atoms with van der Waals surface area (Å²) in [4.78, 5) is 57.0. The Kier molecular flexibility index (Phi) is 41.0. The van der Waals surface area contributed by atoms with E-state index in [1.54, 1.807) is 60.7 Å². The van der Waals surface area contributed by atoms with E-state index in [0.717, 1.165) is 98.0 Å². The van der Waals surface area contributed by atoms with Crippen molar-refractivity contribution in [2.45, 2.75) is 258 Å². The number of halogens is 17. The molecule has 0 amide bonds. The Hall–Kier alpha value is -9.78. The molecule has 0 radical (unpaired) electrons. The van der Waals surface area contributed by atoms with Crippen LogP contribution in [0.5, 0.6) is 28.7 Å². The Balaban J connectivity index is 0.000000392. The second-order valence-corrected chi connectivity index (χ2v) is 30.6. The first-order chi connectivity index (χ1) is 55.9. The molecule has 674 valence electrons. The van der Waals surface area contributed by atoms with E-state index in [9.17, 15) is 98.6 Å². The maximum atomic E-state index is 13.1. The van der Waals surface area contributed by atoms with E-state index in [2.05, 4.69) is 127 Å². The largest absolute Gasteiger partial charge is 0.482 e. The first kappa shape index (κ1) is 105. The molecule has 0 heterocycles. The van der Waals surface area contributed by atoms with Gasteiger partial charge in [-0.15, -0.1) is 0 Å². The molecule has 0 aromatic heterocycles. The molecule has 0 aliphatic heterocycles. The molecule has 121 heavy (non-hydrogen) atoms. The fourth-order valence-corrected chi connectivity index (χ4v) is 10.2. The van der Waals surface area contributed by atoms with Gasteiger partial charge in [0, 0.05) is 6.42 Å². The highest BCUT2D eigenvalue weighted by molar-refractivity contribution is 5.86. The summed E-state index contributed by atoms with van der Waals surface area (Å²) in [6.07, 6.45) is -30.4. The second kappa shape index (κ2) is 47.0. The van der Waals surface area contributed by atoms with E-state index in [-0.39, 0.29) is 29.3 Å². The number of esters is 5. The summed E-state index contributed by atoms with van der Waals surface area (Å²) in [7, 11) is 0. The van der Waals surface area contributed by atoms with Crippen LogP contribution in [-0.2, 0) is 63.9 Å². The van der Waals surface area contributed by atoms with Crippen molar-refractivity contribution in [3.05, 3.63) is 173 Å². The van der Waals surface area contributed by atoms with Crippen molar-refractivity contribution in [1.82, 2.24) is 0 Å². The lowest BCUT2D eigenvalue weighted by Crippen LogP contribution is -2.32. The van der Waals surface area contributed by atoms with Crippen LogP contribution in [0.2, 0.25) is 0 Å². The van der Waals surface area contributed by atoms with Crippen LogP contribution in [0, 0.1) is 0 Å². The number of benzene rings is 7. The fourth-order valence-electron chi connectivity index (χ4n) is 10.2. The van der Waals surface area contributed by atoms with E-state index in [1.807, 2.05) is 66.7 Å². The molecule has 7 aromatic carbocycles. The van der Waals surface area contributed by atoms with E-state index < -0.39 is 137 Å². The molecular weight excluding hydrogens is 1630 g/mol. The number of ether oxygens (including phenoxy) is 10. The average molecular weight is 1740 g/mol. The van der Waals surface area contributed by atoms with E-state index in [0.29, 0.717) is 40.6 Å². The highest BCUT2D eigenvalue weighted by atomic mass is 19.4. The lowest BCUT2D eigenvalue weighted by atomic mass is 9.81. The van der Waals surface area contributed by atoms with Crippen molar-refractivity contribution in [3.8, 4) is 28.7 Å². The minimum atomic E-state index is -4.93. The molecule has 0 N–H and O–H groups in total. The predicted octanol–water partition coefficient (Wildman–Crippen LogP) is 24.6. The summed E-state index contributed by atoms with van der Waals surface area (Å²) in [5.74, 6) is -5.90. The molecule has 6 unspecified atom stereocenters. The first-order valence-corrected chi connectivity index (χ1v) is 39.1. The Morgan fingerprint density at radius 2 is 0.579 bits per heavy atom. The Bertz CT molecular complexity index is 4330. The van der Waals surface area contributed by atoms with Gasteiger partial charge in [0.05, 0.1) is 6.61 Å². The molecular formula is C89H109F17O15. The van der Waals surface area contributed by atoms with Gasteiger partial charge in [0.2, 0.25) is 0 Å². The van der Waals surface area contributed by atoms with Gasteiger partial charge in [0.25, 0.3) is 5.92 Å². The Morgan fingerprint density at radius 1 is 0.314 bits per heavy atom. The van der Waals surface area contributed by atoms with Gasteiger partial charge in [-0.2, -0.15) is 65.9 Å². The number of fused-ring (bicyclic) bond motifs is 2. The Morgan fingerprint density at radius 3 is 0.909 bits per heavy atom. The molecule has 15 nitrogen and oxygen atoms in total. The van der Waals surface area contributed by atoms with E-state index in [1.165, 1.54) is 11.1 Å². The number of rotatable bonds is 34. The summed E-state index contributed by atoms with van der Waals surface area (Å²) < 4.78 is 257. The molecule has 0 fully saturated rings. The second-order valence-electron chi connectivity index (χ2n) is 30.6. The summed E-state index contributed by atoms with van der Waals surface area (Å²) in [6.45, 7) is 27.6. The monoisotopic (exact) mass is 1740 g/mol. The van der Waals surface area contributed by atoms with Crippen LogP contribution in [0.1, 0.15) is 209 Å². The zero-order chi connectivity index (χ0) is 91.9. The van der Waals surface area contributed by atoms with Crippen LogP contribution in [0.4, 0.5) is 74.6 Å². The molecule has 7 rings (SSSR count). The zero-order valence-electron chi connectivity index (χ0n) is 70.8. The summed E-state index contributed by atoms with van der Waals surface area (Å²) in [5.41, 5.74) is 5.97. The van der Waals surface area contributed by atoms with Gasteiger partial charge in [-0.05, 0) is 204 Å². The summed E-state index contributed by atoms with van der Waals surface area (Å²) in [5, 5.41) is 3.93. The maximum Gasteiger partial charge on any atom is 0.425 e. The molecule has 0 saturated heterocycles. The SMILES string of the molecule is CCC(C)(C)c1ccc(OCC(=O)OC(C)C(F)(F)F)cc1.CCC(C)(C)c1ccc(OCC(=O)OCCCC(F)(F)CC(F)(F)F)cc1.CCC(C)(C)c1ccc2cc(OCC(=O)OC(C)C(F)(F)F)ccc2c1.CCC(C)c1ccc(OCC(=O)OC(C)C(F)(F)F)cc1.CCC(C)c1ccc2cc(OCC(=O)OC(C)C(F)(F)F)ccc2c1.